The van der Waals surface area contributed by atoms with Crippen molar-refractivity contribution in [2.45, 2.75) is 19.0 Å². The molecule has 3 aromatic carbocycles. The first-order valence-electron chi connectivity index (χ1n) is 11.7. The molecule has 37 heavy (non-hydrogen) atoms. The summed E-state index contributed by atoms with van der Waals surface area (Å²) in [6, 6.07) is 18.6. The number of nitrogens with one attached hydrogen (secondary N) is 3. The van der Waals surface area contributed by atoms with Gasteiger partial charge < -0.3 is 20.4 Å². The van der Waals surface area contributed by atoms with E-state index in [1.807, 2.05) is 30.3 Å². The van der Waals surface area contributed by atoms with Crippen LogP contribution in [0.3, 0.4) is 0 Å². The number of rotatable bonds is 7. The Hall–Kier alpha value is -4.34. The number of nitrogens with zero attached hydrogens (tertiary/aromatic N) is 1. The third-order valence-corrected chi connectivity index (χ3v) is 5.90. The molecule has 0 spiro atoms. The smallest absolute Gasteiger partial charge is 0.405 e. The maximum Gasteiger partial charge on any atom is 0.405 e. The van der Waals surface area contributed by atoms with Crippen LogP contribution >= 0.6 is 0 Å². The summed E-state index contributed by atoms with van der Waals surface area (Å²) in [6.45, 7) is -0.962. The van der Waals surface area contributed by atoms with Crippen molar-refractivity contribution < 1.29 is 27.5 Å². The Balaban J connectivity index is 1.32. The van der Waals surface area contributed by atoms with Gasteiger partial charge in [-0.15, -0.1) is 0 Å². The van der Waals surface area contributed by atoms with E-state index in [1.165, 1.54) is 0 Å². The van der Waals surface area contributed by atoms with Crippen molar-refractivity contribution in [2.24, 2.45) is 5.92 Å². The lowest BCUT2D eigenvalue weighted by Crippen LogP contribution is -2.36. The lowest BCUT2D eigenvalue weighted by atomic mass is 10.0. The number of imidazole rings is 1. The number of H-pyrrole nitrogens is 1. The number of ether oxygens (including phenoxy) is 1. The maximum atomic E-state index is 12.4. The molecule has 0 radical (unpaired) electrons. The fourth-order valence-electron chi connectivity index (χ4n) is 3.81. The molecule has 1 aliphatic carbocycles. The molecule has 0 unspecified atom stereocenters. The Kier molecular flexibility index (Phi) is 6.56. The lowest BCUT2D eigenvalue weighted by Gasteiger charge is -2.10. The Bertz CT molecular complexity index is 1460. The van der Waals surface area contributed by atoms with Crippen LogP contribution in [0.5, 0.6) is 0 Å². The van der Waals surface area contributed by atoms with Gasteiger partial charge in [-0.25, -0.2) is 14.6 Å². The number of aromatic nitrogens is 2. The second-order valence-corrected chi connectivity index (χ2v) is 8.94. The number of aromatic amines is 1. The molecule has 0 aliphatic heterocycles. The van der Waals surface area contributed by atoms with E-state index in [9.17, 15) is 22.8 Å². The van der Waals surface area contributed by atoms with Crippen molar-refractivity contribution in [3.63, 3.8) is 0 Å². The van der Waals surface area contributed by atoms with Crippen molar-refractivity contribution in [2.75, 3.05) is 18.5 Å². The second-order valence-electron chi connectivity index (χ2n) is 8.94. The van der Waals surface area contributed by atoms with E-state index in [1.54, 1.807) is 41.7 Å². The molecular formula is C27H23F3N4O3. The SMILES string of the molecule is O=C(NCC(F)(F)F)Nc1cccc(-c2nc3ccc(-c4cccc(C(=O)OCC5CC5)c4)cc3[nH]2)c1. The van der Waals surface area contributed by atoms with Crippen LogP contribution in [0.2, 0.25) is 0 Å². The molecule has 1 fully saturated rings. The Morgan fingerprint density at radius 2 is 1.73 bits per heavy atom. The minimum Gasteiger partial charge on any atom is -0.462 e. The van der Waals surface area contributed by atoms with Crippen LogP contribution in [0.15, 0.2) is 66.7 Å². The van der Waals surface area contributed by atoms with Crippen LogP contribution in [0.25, 0.3) is 33.5 Å². The average molecular weight is 509 g/mol. The summed E-state index contributed by atoms with van der Waals surface area (Å²) in [4.78, 5) is 32.0. The summed E-state index contributed by atoms with van der Waals surface area (Å²) in [5, 5.41) is 4.16. The second kappa shape index (κ2) is 9.96. The zero-order chi connectivity index (χ0) is 26.0. The highest BCUT2D eigenvalue weighted by Crippen LogP contribution is 2.30. The van der Waals surface area contributed by atoms with Gasteiger partial charge >= 0.3 is 18.2 Å². The number of esters is 1. The Morgan fingerprint density at radius 3 is 2.51 bits per heavy atom. The number of carbonyl (C=O) groups is 2. The zero-order valence-electron chi connectivity index (χ0n) is 19.6. The van der Waals surface area contributed by atoms with Gasteiger partial charge in [0.05, 0.1) is 23.2 Å². The van der Waals surface area contributed by atoms with Gasteiger partial charge in [0.15, 0.2) is 0 Å². The zero-order valence-corrected chi connectivity index (χ0v) is 19.6. The highest BCUT2D eigenvalue weighted by Gasteiger charge is 2.27. The molecule has 0 saturated heterocycles. The van der Waals surface area contributed by atoms with E-state index in [2.05, 4.69) is 15.3 Å². The largest absolute Gasteiger partial charge is 0.462 e. The number of hydrogen-bond acceptors (Lipinski definition) is 4. The van der Waals surface area contributed by atoms with E-state index >= 15 is 0 Å². The summed E-state index contributed by atoms with van der Waals surface area (Å²) in [5.41, 5.74) is 4.67. The van der Waals surface area contributed by atoms with Crippen LogP contribution in [0, 0.1) is 5.92 Å². The number of fused-ring (bicyclic) bond motifs is 1. The van der Waals surface area contributed by atoms with Crippen molar-refractivity contribution in [3.8, 4) is 22.5 Å². The van der Waals surface area contributed by atoms with E-state index in [0.29, 0.717) is 40.7 Å². The third-order valence-electron chi connectivity index (χ3n) is 5.90. The molecule has 190 valence electrons. The van der Waals surface area contributed by atoms with E-state index in [-0.39, 0.29) is 5.97 Å². The normalized spacial score (nSPS) is 13.4. The minimum atomic E-state index is -4.49. The van der Waals surface area contributed by atoms with Gasteiger partial charge in [0.1, 0.15) is 12.4 Å². The number of alkyl halides is 3. The van der Waals surface area contributed by atoms with Crippen LogP contribution < -0.4 is 10.6 Å². The number of benzene rings is 3. The van der Waals surface area contributed by atoms with E-state index in [0.717, 1.165) is 29.5 Å². The van der Waals surface area contributed by atoms with Crippen LogP contribution in [0.4, 0.5) is 23.7 Å². The maximum absolute atomic E-state index is 12.4. The van der Waals surface area contributed by atoms with Gasteiger partial charge in [0, 0.05) is 11.3 Å². The number of anilines is 1. The highest BCUT2D eigenvalue weighted by atomic mass is 19.4. The lowest BCUT2D eigenvalue weighted by molar-refractivity contribution is -0.122. The van der Waals surface area contributed by atoms with Crippen LogP contribution in [-0.2, 0) is 4.74 Å². The summed E-state index contributed by atoms with van der Waals surface area (Å²) >= 11 is 0. The Morgan fingerprint density at radius 1 is 0.973 bits per heavy atom. The summed E-state index contributed by atoms with van der Waals surface area (Å²) in [5.74, 6) is 0.690. The predicted molar refractivity (Wildman–Crippen MR) is 133 cm³/mol. The van der Waals surface area contributed by atoms with E-state index < -0.39 is 18.8 Å². The molecule has 1 aromatic heterocycles. The first-order valence-corrected chi connectivity index (χ1v) is 11.7. The van der Waals surface area contributed by atoms with Crippen LogP contribution in [0.1, 0.15) is 23.2 Å². The van der Waals surface area contributed by atoms with Crippen molar-refractivity contribution in [3.05, 3.63) is 72.3 Å². The Labute approximate surface area is 210 Å². The fraction of sp³-hybridized carbons (Fsp3) is 0.222. The fourth-order valence-corrected chi connectivity index (χ4v) is 3.81. The number of hydrogen-bond donors (Lipinski definition) is 3. The van der Waals surface area contributed by atoms with Gasteiger partial charge in [-0.3, -0.25) is 0 Å². The average Bonchev–Trinajstić information content (AvgIpc) is 3.61. The van der Waals surface area contributed by atoms with Gasteiger partial charge in [-0.1, -0.05) is 30.3 Å². The quantitative estimate of drug-likeness (QED) is 0.261. The molecule has 3 N–H and O–H groups in total. The van der Waals surface area contributed by atoms with Crippen LogP contribution in [-0.4, -0.2) is 41.3 Å². The van der Waals surface area contributed by atoms with Crippen molar-refractivity contribution >= 4 is 28.7 Å². The first kappa shape index (κ1) is 24.4. The molecule has 7 nitrogen and oxygen atoms in total. The molecular weight excluding hydrogens is 485 g/mol. The molecule has 0 atom stereocenters. The summed E-state index contributed by atoms with van der Waals surface area (Å²) in [7, 11) is 0. The molecule has 5 rings (SSSR count). The molecule has 10 heteroatoms. The molecule has 1 aliphatic rings. The van der Waals surface area contributed by atoms with Gasteiger partial charge in [-0.2, -0.15) is 13.2 Å². The van der Waals surface area contributed by atoms with Crippen molar-refractivity contribution in [1.82, 2.24) is 15.3 Å². The summed E-state index contributed by atoms with van der Waals surface area (Å²) < 4.78 is 42.3. The number of urea groups is 1. The van der Waals surface area contributed by atoms with Gasteiger partial charge in [0.2, 0.25) is 0 Å². The number of halogens is 3. The predicted octanol–water partition coefficient (Wildman–Crippen LogP) is 6.15. The molecule has 2 amide bonds. The number of carbonyl (C=O) groups excluding carboxylic acids is 2. The molecule has 1 heterocycles. The van der Waals surface area contributed by atoms with Gasteiger partial charge in [0.25, 0.3) is 0 Å². The molecule has 4 aromatic rings. The summed E-state index contributed by atoms with van der Waals surface area (Å²) in [6.07, 6.45) is -2.28. The van der Waals surface area contributed by atoms with Gasteiger partial charge in [-0.05, 0) is 66.3 Å². The first-order chi connectivity index (χ1) is 17.7. The minimum absolute atomic E-state index is 0.323. The monoisotopic (exact) mass is 508 g/mol. The topological polar surface area (TPSA) is 96.1 Å². The van der Waals surface area contributed by atoms with E-state index in [4.69, 9.17) is 4.74 Å². The third kappa shape index (κ3) is 6.27. The molecule has 0 bridgehead atoms. The number of amides is 2. The molecule has 1 saturated carbocycles. The highest BCUT2D eigenvalue weighted by molar-refractivity contribution is 5.92. The van der Waals surface area contributed by atoms with Crippen molar-refractivity contribution in [1.29, 1.82) is 0 Å². The standard InChI is InChI=1S/C27H23F3N4O3/c28-27(29,30)15-31-26(36)32-21-6-2-4-19(12-21)24-33-22-10-9-18(13-23(22)34-24)17-3-1-5-20(11-17)25(35)37-14-16-7-8-16/h1-6,9-13,16H,7-8,14-15H2,(H,33,34)(H2,31,32,36).